The average molecular weight is 341 g/mol. The van der Waals surface area contributed by atoms with Crippen LogP contribution in [0.25, 0.3) is 0 Å². The fourth-order valence-electron chi connectivity index (χ4n) is 2.87. The summed E-state index contributed by atoms with van der Waals surface area (Å²) in [7, 11) is 0. The van der Waals surface area contributed by atoms with Crippen molar-refractivity contribution in [2.75, 3.05) is 6.54 Å². The lowest BCUT2D eigenvalue weighted by Gasteiger charge is -2.13. The van der Waals surface area contributed by atoms with E-state index < -0.39 is 0 Å². The number of benzene rings is 1. The first-order valence-electron chi connectivity index (χ1n) is 8.12. The summed E-state index contributed by atoms with van der Waals surface area (Å²) in [6.45, 7) is 4.20. The second kappa shape index (κ2) is 6.88. The largest absolute Gasteiger partial charge is 0.361 e. The number of hydrogen-bond acceptors (Lipinski definition) is 5. The van der Waals surface area contributed by atoms with Gasteiger partial charge in [-0.1, -0.05) is 17.3 Å². The third-order valence-corrected chi connectivity index (χ3v) is 4.31. The first-order chi connectivity index (χ1) is 12.0. The van der Waals surface area contributed by atoms with Crippen molar-refractivity contribution in [1.82, 2.24) is 15.4 Å². The van der Waals surface area contributed by atoms with Gasteiger partial charge in [-0.05, 0) is 32.4 Å². The van der Waals surface area contributed by atoms with Gasteiger partial charge in [0.1, 0.15) is 5.76 Å². The van der Waals surface area contributed by atoms with Gasteiger partial charge >= 0.3 is 0 Å². The Morgan fingerprint density at radius 2 is 1.80 bits per heavy atom. The average Bonchev–Trinajstić information content (AvgIpc) is 3.05. The van der Waals surface area contributed by atoms with Gasteiger partial charge in [-0.15, -0.1) is 0 Å². The number of rotatable bonds is 6. The van der Waals surface area contributed by atoms with E-state index in [1.54, 1.807) is 31.2 Å². The number of aryl methyl sites for hydroxylation is 2. The molecule has 0 bridgehead atoms. The first kappa shape index (κ1) is 16.9. The summed E-state index contributed by atoms with van der Waals surface area (Å²) in [4.78, 5) is 37.6. The number of nitrogens with zero attached hydrogens (tertiary/aromatic N) is 2. The lowest BCUT2D eigenvalue weighted by Crippen LogP contribution is -2.32. The Balaban J connectivity index is 1.48. The normalized spacial score (nSPS) is 13.3. The van der Waals surface area contributed by atoms with E-state index in [2.05, 4.69) is 10.5 Å². The number of imide groups is 1. The van der Waals surface area contributed by atoms with Gasteiger partial charge in [-0.2, -0.15) is 0 Å². The fraction of sp³-hybridized carbons (Fsp3) is 0.333. The van der Waals surface area contributed by atoms with E-state index in [0.29, 0.717) is 29.9 Å². The Kier molecular flexibility index (Phi) is 4.65. The Hall–Kier alpha value is -2.96. The van der Waals surface area contributed by atoms with Gasteiger partial charge in [-0.25, -0.2) is 0 Å². The van der Waals surface area contributed by atoms with E-state index >= 15 is 0 Å². The van der Waals surface area contributed by atoms with E-state index in [9.17, 15) is 14.4 Å². The molecule has 0 fully saturated rings. The molecule has 1 aliphatic heterocycles. The van der Waals surface area contributed by atoms with Gasteiger partial charge in [0, 0.05) is 25.1 Å². The van der Waals surface area contributed by atoms with Gasteiger partial charge in [0.15, 0.2) is 0 Å². The monoisotopic (exact) mass is 341 g/mol. The molecule has 1 N–H and O–H groups in total. The molecule has 0 spiro atoms. The molecule has 0 unspecified atom stereocenters. The lowest BCUT2D eigenvalue weighted by atomic mass is 10.1. The van der Waals surface area contributed by atoms with Gasteiger partial charge in [0.25, 0.3) is 11.8 Å². The minimum Gasteiger partial charge on any atom is -0.361 e. The van der Waals surface area contributed by atoms with E-state index in [0.717, 1.165) is 11.3 Å². The van der Waals surface area contributed by atoms with Crippen molar-refractivity contribution in [3.05, 3.63) is 52.4 Å². The summed E-state index contributed by atoms with van der Waals surface area (Å²) < 4.78 is 5.05. The van der Waals surface area contributed by atoms with E-state index in [4.69, 9.17) is 4.52 Å². The summed E-state index contributed by atoms with van der Waals surface area (Å²) in [6, 6.07) is 6.75. The Morgan fingerprint density at radius 3 is 2.36 bits per heavy atom. The molecule has 3 amide bonds. The predicted molar refractivity (Wildman–Crippen MR) is 88.9 cm³/mol. The third kappa shape index (κ3) is 3.31. The van der Waals surface area contributed by atoms with Crippen molar-refractivity contribution >= 4 is 17.7 Å². The summed E-state index contributed by atoms with van der Waals surface area (Å²) in [5, 5.41) is 6.64. The smallest absolute Gasteiger partial charge is 0.261 e. The van der Waals surface area contributed by atoms with Crippen LogP contribution in [0.5, 0.6) is 0 Å². The summed E-state index contributed by atoms with van der Waals surface area (Å²) in [6.07, 6.45) is 0.648. The maximum atomic E-state index is 12.2. The van der Waals surface area contributed by atoms with Crippen LogP contribution in [-0.2, 0) is 11.3 Å². The molecule has 0 radical (unpaired) electrons. The quantitative estimate of drug-likeness (QED) is 0.811. The third-order valence-electron chi connectivity index (χ3n) is 4.31. The summed E-state index contributed by atoms with van der Waals surface area (Å²) in [5.74, 6) is -0.0473. The molecule has 1 aromatic carbocycles. The number of carbonyl (C=O) groups is 3. The number of hydrogen-bond donors (Lipinski definition) is 1. The Bertz CT molecular complexity index is 786. The van der Waals surface area contributed by atoms with Crippen LogP contribution in [0.15, 0.2) is 28.8 Å². The Morgan fingerprint density at radius 1 is 1.16 bits per heavy atom. The number of aromatic nitrogens is 1. The molecule has 0 saturated carbocycles. The van der Waals surface area contributed by atoms with Crippen LogP contribution in [0.4, 0.5) is 0 Å². The zero-order valence-corrected chi connectivity index (χ0v) is 14.2. The predicted octanol–water partition coefficient (Wildman–Crippen LogP) is 1.98. The highest BCUT2D eigenvalue weighted by Gasteiger charge is 2.34. The highest BCUT2D eigenvalue weighted by molar-refractivity contribution is 6.21. The van der Waals surface area contributed by atoms with Crippen LogP contribution < -0.4 is 5.32 Å². The molecule has 7 heteroatoms. The molecule has 0 aliphatic carbocycles. The van der Waals surface area contributed by atoms with Crippen LogP contribution in [0.2, 0.25) is 0 Å². The second-order valence-electron chi connectivity index (χ2n) is 5.99. The topological polar surface area (TPSA) is 92.5 Å². The van der Waals surface area contributed by atoms with Crippen molar-refractivity contribution in [2.45, 2.75) is 33.2 Å². The highest BCUT2D eigenvalue weighted by atomic mass is 16.5. The number of fused-ring (bicyclic) bond motifs is 1. The molecule has 2 heterocycles. The van der Waals surface area contributed by atoms with E-state index in [1.165, 1.54) is 4.90 Å². The minimum atomic E-state index is -0.295. The highest BCUT2D eigenvalue weighted by Crippen LogP contribution is 2.22. The SMILES string of the molecule is Cc1noc(C)c1CNC(=O)CCCN1C(=O)c2ccccc2C1=O. The molecule has 2 aromatic rings. The summed E-state index contributed by atoms with van der Waals surface area (Å²) in [5.41, 5.74) is 2.48. The molecule has 25 heavy (non-hydrogen) atoms. The van der Waals surface area contributed by atoms with Gasteiger partial charge in [0.2, 0.25) is 5.91 Å². The van der Waals surface area contributed by atoms with Crippen LogP contribution in [0.3, 0.4) is 0 Å². The zero-order valence-electron chi connectivity index (χ0n) is 14.2. The van der Waals surface area contributed by atoms with E-state index in [-0.39, 0.29) is 30.7 Å². The molecule has 130 valence electrons. The van der Waals surface area contributed by atoms with Crippen LogP contribution in [-0.4, -0.2) is 34.3 Å². The number of nitrogens with one attached hydrogen (secondary N) is 1. The molecule has 0 atom stereocenters. The first-order valence-corrected chi connectivity index (χ1v) is 8.12. The fourth-order valence-corrected chi connectivity index (χ4v) is 2.87. The van der Waals surface area contributed by atoms with E-state index in [1.807, 2.05) is 6.92 Å². The zero-order chi connectivity index (χ0) is 18.0. The Labute approximate surface area is 145 Å². The van der Waals surface area contributed by atoms with Crippen molar-refractivity contribution in [2.24, 2.45) is 0 Å². The number of carbonyl (C=O) groups excluding carboxylic acids is 3. The molecule has 7 nitrogen and oxygen atoms in total. The van der Waals surface area contributed by atoms with Gasteiger partial charge in [0.05, 0.1) is 16.8 Å². The molecule has 1 aliphatic rings. The maximum absolute atomic E-state index is 12.2. The van der Waals surface area contributed by atoms with Crippen molar-refractivity contribution in [1.29, 1.82) is 0 Å². The van der Waals surface area contributed by atoms with Gasteiger partial charge in [-0.3, -0.25) is 19.3 Å². The molecular formula is C18H19N3O4. The lowest BCUT2D eigenvalue weighted by molar-refractivity contribution is -0.121. The van der Waals surface area contributed by atoms with Crippen molar-refractivity contribution in [3.8, 4) is 0 Å². The van der Waals surface area contributed by atoms with Crippen molar-refractivity contribution in [3.63, 3.8) is 0 Å². The maximum Gasteiger partial charge on any atom is 0.261 e. The van der Waals surface area contributed by atoms with Crippen LogP contribution in [0.1, 0.15) is 50.6 Å². The van der Waals surface area contributed by atoms with Gasteiger partial charge < -0.3 is 9.84 Å². The standard InChI is InChI=1S/C18H19N3O4/c1-11-15(12(2)25-20-11)10-19-16(22)8-5-9-21-17(23)13-6-3-4-7-14(13)18(21)24/h3-4,6-7H,5,8-10H2,1-2H3,(H,19,22). The molecule has 0 saturated heterocycles. The molecule has 3 rings (SSSR count). The number of amides is 3. The summed E-state index contributed by atoms with van der Waals surface area (Å²) >= 11 is 0. The second-order valence-corrected chi connectivity index (χ2v) is 5.99. The molecule has 1 aromatic heterocycles. The van der Waals surface area contributed by atoms with Crippen LogP contribution >= 0.6 is 0 Å². The molecular weight excluding hydrogens is 322 g/mol. The van der Waals surface area contributed by atoms with Crippen molar-refractivity contribution < 1.29 is 18.9 Å². The minimum absolute atomic E-state index is 0.142. The van der Waals surface area contributed by atoms with Crippen LogP contribution in [0, 0.1) is 13.8 Å².